The van der Waals surface area contributed by atoms with Gasteiger partial charge in [-0.1, -0.05) is 13.8 Å². The van der Waals surface area contributed by atoms with Gasteiger partial charge in [0.25, 0.3) is 0 Å². The van der Waals surface area contributed by atoms with E-state index in [1.165, 1.54) is 17.7 Å². The quantitative estimate of drug-likeness (QED) is 0.776. The van der Waals surface area contributed by atoms with Crippen LogP contribution in [-0.2, 0) is 23.0 Å². The number of amides is 1. The van der Waals surface area contributed by atoms with Crippen LogP contribution in [0.25, 0.3) is 0 Å². The Hall–Kier alpha value is -1.40. The van der Waals surface area contributed by atoms with Gasteiger partial charge >= 0.3 is 0 Å². The molecule has 3 heterocycles. The molecule has 0 N–H and O–H groups in total. The molecule has 3 fully saturated rings. The summed E-state index contributed by atoms with van der Waals surface area (Å²) >= 11 is 0. The molecule has 6 heteroatoms. The Labute approximate surface area is 169 Å². The second kappa shape index (κ2) is 7.13. The molecule has 28 heavy (non-hydrogen) atoms. The maximum absolute atomic E-state index is 13.1. The SMILES string of the molecule is Cc1nn(C)c(C)c1CCC(=O)N1C[C@@H]2C(C)(C)C[C@]2(CN2CCOCC2)C1. The van der Waals surface area contributed by atoms with Crippen molar-refractivity contribution >= 4 is 5.91 Å². The maximum Gasteiger partial charge on any atom is 0.222 e. The van der Waals surface area contributed by atoms with Gasteiger partial charge in [-0.05, 0) is 43.6 Å². The highest BCUT2D eigenvalue weighted by Gasteiger charge is 2.63. The number of carbonyl (C=O) groups is 1. The number of nitrogens with zero attached hydrogens (tertiary/aromatic N) is 4. The van der Waals surface area contributed by atoms with Crippen molar-refractivity contribution in [2.24, 2.45) is 23.8 Å². The molecule has 0 bridgehead atoms. The van der Waals surface area contributed by atoms with Crippen LogP contribution >= 0.6 is 0 Å². The third-order valence-corrected chi connectivity index (χ3v) is 7.64. The van der Waals surface area contributed by atoms with Crippen molar-refractivity contribution in [1.82, 2.24) is 19.6 Å². The Balaban J connectivity index is 1.40. The molecule has 0 unspecified atom stereocenters. The zero-order valence-corrected chi connectivity index (χ0v) is 18.3. The third kappa shape index (κ3) is 3.39. The monoisotopic (exact) mass is 388 g/mol. The molecular formula is C22H36N4O2. The minimum absolute atomic E-state index is 0.288. The first kappa shape index (κ1) is 19.9. The lowest BCUT2D eigenvalue weighted by Gasteiger charge is -2.58. The standard InChI is InChI=1S/C22H36N4O2/c1-16-18(17(2)24(5)23-16)6-7-20(27)26-12-19-21(3,4)13-22(19,15-26)14-25-8-10-28-11-9-25/h19H,6-15H2,1-5H3/t19-,22+/m1/s1. The van der Waals surface area contributed by atoms with Gasteiger partial charge < -0.3 is 9.64 Å². The van der Waals surface area contributed by atoms with Crippen molar-refractivity contribution in [3.63, 3.8) is 0 Å². The predicted octanol–water partition coefficient (Wildman–Crippen LogP) is 2.18. The molecule has 0 radical (unpaired) electrons. The molecule has 3 aliphatic rings. The first-order valence-electron chi connectivity index (χ1n) is 10.8. The lowest BCUT2D eigenvalue weighted by atomic mass is 9.48. The zero-order chi connectivity index (χ0) is 20.1. The van der Waals surface area contributed by atoms with E-state index < -0.39 is 0 Å². The average Bonchev–Trinajstić information content (AvgIpc) is 3.08. The Morgan fingerprint density at radius 3 is 2.57 bits per heavy atom. The van der Waals surface area contributed by atoms with E-state index in [9.17, 15) is 4.79 Å². The van der Waals surface area contributed by atoms with Crippen molar-refractivity contribution in [2.75, 3.05) is 45.9 Å². The highest BCUT2D eigenvalue weighted by molar-refractivity contribution is 5.77. The van der Waals surface area contributed by atoms with Crippen LogP contribution in [0.15, 0.2) is 0 Å². The summed E-state index contributed by atoms with van der Waals surface area (Å²) < 4.78 is 7.45. The van der Waals surface area contributed by atoms with Gasteiger partial charge in [-0.3, -0.25) is 14.4 Å². The van der Waals surface area contributed by atoms with Crippen molar-refractivity contribution in [3.05, 3.63) is 17.0 Å². The van der Waals surface area contributed by atoms with Crippen LogP contribution in [0.3, 0.4) is 0 Å². The lowest BCUT2D eigenvalue weighted by molar-refractivity contribution is -0.130. The molecule has 1 aromatic heterocycles. The molecular weight excluding hydrogens is 352 g/mol. The van der Waals surface area contributed by atoms with Gasteiger partial charge in [0, 0.05) is 57.3 Å². The third-order valence-electron chi connectivity index (χ3n) is 7.64. The van der Waals surface area contributed by atoms with Crippen LogP contribution in [0.1, 0.15) is 43.6 Å². The van der Waals surface area contributed by atoms with Crippen molar-refractivity contribution in [3.8, 4) is 0 Å². The molecule has 0 spiro atoms. The number of aryl methyl sites for hydroxylation is 2. The van der Waals surface area contributed by atoms with E-state index in [1.807, 2.05) is 18.7 Å². The molecule has 4 rings (SSSR count). The van der Waals surface area contributed by atoms with Gasteiger partial charge in [0.15, 0.2) is 0 Å². The summed E-state index contributed by atoms with van der Waals surface area (Å²) in [5, 5.41) is 4.49. The van der Waals surface area contributed by atoms with Crippen molar-refractivity contribution in [1.29, 1.82) is 0 Å². The fraction of sp³-hybridized carbons (Fsp3) is 0.818. The zero-order valence-electron chi connectivity index (χ0n) is 18.3. The molecule has 2 aliphatic heterocycles. The summed E-state index contributed by atoms with van der Waals surface area (Å²) in [7, 11) is 1.98. The molecule has 6 nitrogen and oxygen atoms in total. The van der Waals surface area contributed by atoms with Gasteiger partial charge in [-0.15, -0.1) is 0 Å². The molecule has 0 aromatic carbocycles. The van der Waals surface area contributed by atoms with Crippen LogP contribution in [0.4, 0.5) is 0 Å². The first-order chi connectivity index (χ1) is 13.2. The lowest BCUT2D eigenvalue weighted by Crippen LogP contribution is -2.59. The van der Waals surface area contributed by atoms with Gasteiger partial charge in [0.1, 0.15) is 0 Å². The molecule has 156 valence electrons. The smallest absolute Gasteiger partial charge is 0.222 e. The number of hydrogen-bond donors (Lipinski definition) is 0. The van der Waals surface area contributed by atoms with E-state index >= 15 is 0 Å². The predicted molar refractivity (Wildman–Crippen MR) is 109 cm³/mol. The van der Waals surface area contributed by atoms with E-state index in [4.69, 9.17) is 4.74 Å². The second-order valence-electron chi connectivity index (χ2n) is 10.0. The largest absolute Gasteiger partial charge is 0.379 e. The summed E-state index contributed by atoms with van der Waals surface area (Å²) in [6, 6.07) is 0. The van der Waals surface area contributed by atoms with E-state index in [0.29, 0.717) is 23.7 Å². The topological polar surface area (TPSA) is 50.6 Å². The number of ether oxygens (including phenoxy) is 1. The summed E-state index contributed by atoms with van der Waals surface area (Å²) in [6.45, 7) is 15.6. The molecule has 1 saturated carbocycles. The van der Waals surface area contributed by atoms with Crippen LogP contribution in [0.5, 0.6) is 0 Å². The highest BCUT2D eigenvalue weighted by Crippen LogP contribution is 2.63. The number of likely N-dealkylation sites (tertiary alicyclic amines) is 1. The van der Waals surface area contributed by atoms with E-state index in [0.717, 1.165) is 58.1 Å². The molecule has 2 saturated heterocycles. The van der Waals surface area contributed by atoms with Crippen molar-refractivity contribution < 1.29 is 9.53 Å². The average molecular weight is 389 g/mol. The molecule has 2 atom stereocenters. The second-order valence-corrected chi connectivity index (χ2v) is 10.0. The fourth-order valence-corrected chi connectivity index (χ4v) is 6.30. The molecule has 1 aliphatic carbocycles. The van der Waals surface area contributed by atoms with Gasteiger partial charge in [0.05, 0.1) is 18.9 Å². The fourth-order valence-electron chi connectivity index (χ4n) is 6.30. The van der Waals surface area contributed by atoms with Crippen molar-refractivity contribution in [2.45, 2.75) is 47.0 Å². The minimum Gasteiger partial charge on any atom is -0.379 e. The number of hydrogen-bond acceptors (Lipinski definition) is 4. The number of aromatic nitrogens is 2. The maximum atomic E-state index is 13.1. The number of morpholine rings is 1. The summed E-state index contributed by atoms with van der Waals surface area (Å²) in [4.78, 5) is 17.8. The van der Waals surface area contributed by atoms with Gasteiger partial charge in [-0.2, -0.15) is 5.10 Å². The first-order valence-corrected chi connectivity index (χ1v) is 10.8. The van der Waals surface area contributed by atoms with Crippen LogP contribution < -0.4 is 0 Å². The summed E-state index contributed by atoms with van der Waals surface area (Å²) in [5.41, 5.74) is 4.10. The van der Waals surface area contributed by atoms with Crippen LogP contribution in [0, 0.1) is 30.6 Å². The Kier molecular flexibility index (Phi) is 5.07. The number of fused-ring (bicyclic) bond motifs is 1. The van der Waals surface area contributed by atoms with Gasteiger partial charge in [-0.25, -0.2) is 0 Å². The normalized spacial score (nSPS) is 29.6. The van der Waals surface area contributed by atoms with Gasteiger partial charge in [0.2, 0.25) is 5.91 Å². The van der Waals surface area contributed by atoms with E-state index in [2.05, 4.69) is 35.7 Å². The number of carbonyl (C=O) groups excluding carboxylic acids is 1. The highest BCUT2D eigenvalue weighted by atomic mass is 16.5. The van der Waals surface area contributed by atoms with Crippen LogP contribution in [-0.4, -0.2) is 71.4 Å². The van der Waals surface area contributed by atoms with E-state index in [-0.39, 0.29) is 5.41 Å². The minimum atomic E-state index is 0.288. The summed E-state index contributed by atoms with van der Waals surface area (Å²) in [5.74, 6) is 0.933. The Morgan fingerprint density at radius 2 is 1.96 bits per heavy atom. The Bertz CT molecular complexity index is 750. The molecule has 1 amide bonds. The summed E-state index contributed by atoms with van der Waals surface area (Å²) in [6.07, 6.45) is 2.62. The van der Waals surface area contributed by atoms with E-state index in [1.54, 1.807) is 0 Å². The Morgan fingerprint density at radius 1 is 1.25 bits per heavy atom. The van der Waals surface area contributed by atoms with Crippen LogP contribution in [0.2, 0.25) is 0 Å². The molecule has 1 aromatic rings. The number of rotatable bonds is 5.